The Morgan fingerprint density at radius 3 is 1.42 bits per heavy atom. The molecule has 0 spiro atoms. The third kappa shape index (κ3) is 4.51. The highest BCUT2D eigenvalue weighted by atomic mass is 15.0. The van der Waals surface area contributed by atoms with E-state index in [4.69, 9.17) is 6.57 Å². The molecule has 55 heavy (non-hydrogen) atoms. The average molecular weight is 700 g/mol. The van der Waals surface area contributed by atoms with Gasteiger partial charge in [0.25, 0.3) is 0 Å². The predicted octanol–water partition coefficient (Wildman–Crippen LogP) is 13.1. The standard InChI is InChI=1S/C50H29N5/c1-52-43-29-34(21-26-50(43)55-46-16-8-4-12-39(46)40-13-5-9-17-47(40)55)33-19-22-35(23-20-33)53-48-25-18-32(31-51)28-41(48)42-30-36(24-27-49(42)53)54-44-14-6-2-10-37(44)38-11-3-7-15-45(38)54/h2-30H. The summed E-state index contributed by atoms with van der Waals surface area (Å²) in [6.45, 7) is 8.20. The van der Waals surface area contributed by atoms with Crippen LogP contribution in [-0.2, 0) is 0 Å². The summed E-state index contributed by atoms with van der Waals surface area (Å²) in [5, 5.41) is 16.8. The maximum absolute atomic E-state index is 9.89. The number of benzene rings is 8. The van der Waals surface area contributed by atoms with Crippen molar-refractivity contribution in [3.63, 3.8) is 0 Å². The minimum atomic E-state index is 0.600. The maximum atomic E-state index is 9.89. The molecule has 0 aliphatic heterocycles. The molecule has 5 nitrogen and oxygen atoms in total. The summed E-state index contributed by atoms with van der Waals surface area (Å²) in [5.41, 5.74) is 12.8. The quantitative estimate of drug-likeness (QED) is 0.169. The highest BCUT2D eigenvalue weighted by Gasteiger charge is 2.18. The zero-order chi connectivity index (χ0) is 36.6. The molecule has 0 bridgehead atoms. The van der Waals surface area contributed by atoms with E-state index in [1.165, 1.54) is 21.5 Å². The summed E-state index contributed by atoms with van der Waals surface area (Å²) in [6, 6.07) is 63.5. The van der Waals surface area contributed by atoms with Crippen molar-refractivity contribution in [1.82, 2.24) is 13.7 Å². The molecule has 5 heteroatoms. The van der Waals surface area contributed by atoms with E-state index in [1.807, 2.05) is 18.2 Å². The van der Waals surface area contributed by atoms with Gasteiger partial charge in [0.15, 0.2) is 0 Å². The minimum absolute atomic E-state index is 0.600. The van der Waals surface area contributed by atoms with E-state index in [0.29, 0.717) is 11.3 Å². The van der Waals surface area contributed by atoms with Gasteiger partial charge in [-0.3, -0.25) is 0 Å². The fourth-order valence-corrected chi connectivity index (χ4v) is 8.67. The minimum Gasteiger partial charge on any atom is -0.319 e. The van der Waals surface area contributed by atoms with Gasteiger partial charge in [0.1, 0.15) is 0 Å². The normalized spacial score (nSPS) is 11.6. The molecule has 11 rings (SSSR count). The molecule has 0 fully saturated rings. The Labute approximate surface area is 316 Å². The molecule has 8 aromatic carbocycles. The van der Waals surface area contributed by atoms with Crippen molar-refractivity contribution >= 4 is 71.1 Å². The lowest BCUT2D eigenvalue weighted by molar-refractivity contribution is 1.16. The van der Waals surface area contributed by atoms with Gasteiger partial charge in [0.2, 0.25) is 5.69 Å². The Kier molecular flexibility index (Phi) is 6.61. The van der Waals surface area contributed by atoms with Crippen LogP contribution in [0.2, 0.25) is 0 Å². The highest BCUT2D eigenvalue weighted by Crippen LogP contribution is 2.40. The van der Waals surface area contributed by atoms with Crippen molar-refractivity contribution in [2.45, 2.75) is 0 Å². The van der Waals surface area contributed by atoms with E-state index in [9.17, 15) is 5.26 Å². The molecule has 0 unspecified atom stereocenters. The number of aromatic nitrogens is 3. The van der Waals surface area contributed by atoms with Crippen molar-refractivity contribution in [2.24, 2.45) is 0 Å². The number of nitrogens with zero attached hydrogens (tertiary/aromatic N) is 5. The first-order chi connectivity index (χ1) is 27.2. The van der Waals surface area contributed by atoms with Crippen molar-refractivity contribution in [2.75, 3.05) is 0 Å². The molecule has 254 valence electrons. The first kappa shape index (κ1) is 30.7. The SMILES string of the molecule is [C-]#[N+]c1cc(-c2ccc(-n3c4ccc(C#N)cc4c4cc(-n5c6ccccc6c6ccccc65)ccc43)cc2)ccc1-n1c2ccccc2c2ccccc21. The Bertz CT molecular complexity index is 3350. The monoisotopic (exact) mass is 699 g/mol. The van der Waals surface area contributed by atoms with Crippen molar-refractivity contribution in [3.8, 4) is 34.3 Å². The Morgan fingerprint density at radius 1 is 0.400 bits per heavy atom. The van der Waals surface area contributed by atoms with Crippen LogP contribution in [0.4, 0.5) is 5.69 Å². The smallest absolute Gasteiger partial charge is 0.211 e. The summed E-state index contributed by atoms with van der Waals surface area (Å²) in [7, 11) is 0. The van der Waals surface area contributed by atoms with Crippen LogP contribution < -0.4 is 0 Å². The largest absolute Gasteiger partial charge is 0.319 e. The van der Waals surface area contributed by atoms with Gasteiger partial charge in [-0.1, -0.05) is 91.0 Å². The van der Waals surface area contributed by atoms with E-state index < -0.39 is 0 Å². The van der Waals surface area contributed by atoms with Crippen LogP contribution in [0.5, 0.6) is 0 Å². The first-order valence-corrected chi connectivity index (χ1v) is 18.3. The molecule has 0 radical (unpaired) electrons. The topological polar surface area (TPSA) is 42.9 Å². The summed E-state index contributed by atoms with van der Waals surface area (Å²) < 4.78 is 6.82. The molecular weight excluding hydrogens is 671 g/mol. The van der Waals surface area contributed by atoms with Crippen LogP contribution >= 0.6 is 0 Å². The molecule has 3 aromatic heterocycles. The molecule has 0 aliphatic rings. The van der Waals surface area contributed by atoms with Gasteiger partial charge in [-0.2, -0.15) is 5.26 Å². The number of fused-ring (bicyclic) bond motifs is 9. The Hall–Kier alpha value is -7.86. The molecule has 0 aliphatic carbocycles. The third-order valence-electron chi connectivity index (χ3n) is 11.1. The Morgan fingerprint density at radius 2 is 0.855 bits per heavy atom. The van der Waals surface area contributed by atoms with Gasteiger partial charge in [0, 0.05) is 43.7 Å². The predicted molar refractivity (Wildman–Crippen MR) is 226 cm³/mol. The van der Waals surface area contributed by atoms with Crippen LogP contribution in [0, 0.1) is 17.9 Å². The maximum Gasteiger partial charge on any atom is 0.211 e. The highest BCUT2D eigenvalue weighted by molar-refractivity contribution is 6.13. The van der Waals surface area contributed by atoms with Crippen molar-refractivity contribution in [3.05, 3.63) is 193 Å². The molecule has 11 aromatic rings. The van der Waals surface area contributed by atoms with E-state index in [0.717, 1.165) is 72.1 Å². The second-order valence-electron chi connectivity index (χ2n) is 14.0. The van der Waals surface area contributed by atoms with E-state index >= 15 is 0 Å². The van der Waals surface area contributed by atoms with Gasteiger partial charge >= 0.3 is 0 Å². The second kappa shape index (κ2) is 11.8. The molecular formula is C50H29N5. The third-order valence-corrected chi connectivity index (χ3v) is 11.1. The number of nitriles is 1. The molecule has 0 atom stereocenters. The summed E-state index contributed by atoms with van der Waals surface area (Å²) >= 11 is 0. The first-order valence-electron chi connectivity index (χ1n) is 18.3. The van der Waals surface area contributed by atoms with Crippen molar-refractivity contribution in [1.29, 1.82) is 5.26 Å². The zero-order valence-corrected chi connectivity index (χ0v) is 29.5. The Balaban J connectivity index is 1.03. The number of para-hydroxylation sites is 4. The van der Waals surface area contributed by atoms with Gasteiger partial charge in [0.05, 0.1) is 57.0 Å². The number of rotatable bonds is 4. The summed E-state index contributed by atoms with van der Waals surface area (Å²) in [4.78, 5) is 4.03. The van der Waals surface area contributed by atoms with Gasteiger partial charge in [-0.05, 0) is 96.1 Å². The lowest BCUT2D eigenvalue weighted by Gasteiger charge is -2.13. The summed E-state index contributed by atoms with van der Waals surface area (Å²) in [6.07, 6.45) is 0. The van der Waals surface area contributed by atoms with Crippen LogP contribution in [0.15, 0.2) is 176 Å². The van der Waals surface area contributed by atoms with Gasteiger partial charge in [-0.15, -0.1) is 0 Å². The zero-order valence-electron chi connectivity index (χ0n) is 29.5. The molecule has 0 saturated heterocycles. The molecule has 0 amide bonds. The number of hydrogen-bond acceptors (Lipinski definition) is 1. The lowest BCUT2D eigenvalue weighted by atomic mass is 10.0. The fourth-order valence-electron chi connectivity index (χ4n) is 8.67. The van der Waals surface area contributed by atoms with Crippen LogP contribution in [0.25, 0.3) is 98.5 Å². The fraction of sp³-hybridized carbons (Fsp3) is 0. The van der Waals surface area contributed by atoms with Gasteiger partial charge in [-0.25, -0.2) is 4.85 Å². The van der Waals surface area contributed by atoms with Crippen LogP contribution in [0.3, 0.4) is 0 Å². The van der Waals surface area contributed by atoms with Gasteiger partial charge < -0.3 is 13.7 Å². The summed E-state index contributed by atoms with van der Waals surface area (Å²) in [5.74, 6) is 0. The molecule has 0 saturated carbocycles. The van der Waals surface area contributed by atoms with E-state index in [2.05, 4.69) is 182 Å². The molecule has 3 heterocycles. The average Bonchev–Trinajstić information content (AvgIpc) is 3.89. The van der Waals surface area contributed by atoms with E-state index in [-0.39, 0.29) is 0 Å². The lowest BCUT2D eigenvalue weighted by Crippen LogP contribution is -1.96. The van der Waals surface area contributed by atoms with Crippen LogP contribution in [0.1, 0.15) is 5.56 Å². The van der Waals surface area contributed by atoms with E-state index in [1.54, 1.807) is 0 Å². The van der Waals surface area contributed by atoms with Crippen LogP contribution in [-0.4, -0.2) is 13.7 Å². The second-order valence-corrected chi connectivity index (χ2v) is 14.0. The van der Waals surface area contributed by atoms with Crippen molar-refractivity contribution < 1.29 is 0 Å². The number of hydrogen-bond donors (Lipinski definition) is 0. The molecule has 0 N–H and O–H groups in total.